The van der Waals surface area contributed by atoms with E-state index in [9.17, 15) is 0 Å². The monoisotopic (exact) mass is 289 g/mol. The van der Waals surface area contributed by atoms with E-state index in [-0.39, 0.29) is 0 Å². The highest BCUT2D eigenvalue weighted by Crippen LogP contribution is 2.17. The quantitative estimate of drug-likeness (QED) is 0.773. The van der Waals surface area contributed by atoms with Crippen molar-refractivity contribution in [2.75, 3.05) is 20.6 Å². The maximum atomic E-state index is 2.36. The highest BCUT2D eigenvalue weighted by molar-refractivity contribution is 14.1. The Morgan fingerprint density at radius 2 is 2.08 bits per heavy atom. The van der Waals surface area contributed by atoms with E-state index in [1.807, 2.05) is 0 Å². The largest absolute Gasteiger partial charge is 0.309 e. The summed E-state index contributed by atoms with van der Waals surface area (Å²) < 4.78 is 1.32. The van der Waals surface area contributed by atoms with Gasteiger partial charge in [-0.05, 0) is 60.3 Å². The molecule has 0 aromatic heterocycles. The average Bonchev–Trinajstić information content (AvgIpc) is 2.03. The van der Waals surface area contributed by atoms with Crippen LogP contribution in [0.25, 0.3) is 0 Å². The Bertz CT molecular complexity index is 271. The number of benzene rings is 1. The fraction of sp³-hybridized carbons (Fsp3) is 0.455. The van der Waals surface area contributed by atoms with Gasteiger partial charge in [-0.3, -0.25) is 0 Å². The molecule has 0 bridgehead atoms. The third kappa shape index (κ3) is 3.65. The summed E-state index contributed by atoms with van der Waals surface area (Å²) in [6.45, 7) is 3.38. The van der Waals surface area contributed by atoms with Crippen molar-refractivity contribution >= 4 is 22.6 Å². The standard InChI is InChI=1S/C11H16IN/c1-9(8-13(2)3)10-5-4-6-11(12)7-10/h4-7,9H,8H2,1-3H3. The van der Waals surface area contributed by atoms with Crippen LogP contribution in [0.4, 0.5) is 0 Å². The Hall–Kier alpha value is -0.0900. The fourth-order valence-electron chi connectivity index (χ4n) is 1.47. The summed E-state index contributed by atoms with van der Waals surface area (Å²) in [4.78, 5) is 2.23. The van der Waals surface area contributed by atoms with Gasteiger partial charge in [-0.25, -0.2) is 0 Å². The van der Waals surface area contributed by atoms with E-state index in [2.05, 4.69) is 72.8 Å². The molecule has 0 aliphatic carbocycles. The molecular formula is C11H16IN. The molecule has 0 amide bonds. The SMILES string of the molecule is CC(CN(C)C)c1cccc(I)c1. The second-order valence-electron chi connectivity index (χ2n) is 3.72. The molecular weight excluding hydrogens is 273 g/mol. The molecule has 0 aliphatic rings. The van der Waals surface area contributed by atoms with Crippen LogP contribution in [0.1, 0.15) is 18.4 Å². The Kier molecular flexibility index (Phi) is 4.19. The normalized spacial score (nSPS) is 13.3. The van der Waals surface area contributed by atoms with Gasteiger partial charge in [0.1, 0.15) is 0 Å². The highest BCUT2D eigenvalue weighted by Gasteiger charge is 2.06. The van der Waals surface area contributed by atoms with Gasteiger partial charge in [0.25, 0.3) is 0 Å². The highest BCUT2D eigenvalue weighted by atomic mass is 127. The molecule has 1 nitrogen and oxygen atoms in total. The summed E-state index contributed by atoms with van der Waals surface area (Å²) >= 11 is 2.36. The minimum atomic E-state index is 0.615. The van der Waals surface area contributed by atoms with Gasteiger partial charge in [0.05, 0.1) is 0 Å². The number of likely N-dealkylation sites (N-methyl/N-ethyl adjacent to an activating group) is 1. The molecule has 1 aromatic rings. The van der Waals surface area contributed by atoms with Crippen molar-refractivity contribution < 1.29 is 0 Å². The van der Waals surface area contributed by atoms with Gasteiger partial charge in [-0.2, -0.15) is 0 Å². The van der Waals surface area contributed by atoms with E-state index in [0.717, 1.165) is 6.54 Å². The second kappa shape index (κ2) is 4.96. The van der Waals surface area contributed by atoms with Crippen molar-refractivity contribution in [3.63, 3.8) is 0 Å². The Labute approximate surface area is 94.3 Å². The predicted octanol–water partition coefficient (Wildman–Crippen LogP) is 2.96. The van der Waals surface area contributed by atoms with Gasteiger partial charge in [-0.15, -0.1) is 0 Å². The maximum absolute atomic E-state index is 2.36. The van der Waals surface area contributed by atoms with E-state index in [4.69, 9.17) is 0 Å². The molecule has 0 fully saturated rings. The van der Waals surface area contributed by atoms with Gasteiger partial charge in [-0.1, -0.05) is 19.1 Å². The zero-order valence-electron chi connectivity index (χ0n) is 8.42. The smallest absolute Gasteiger partial charge is 0.0133 e. The molecule has 0 spiro atoms. The summed E-state index contributed by atoms with van der Waals surface area (Å²) in [6, 6.07) is 8.72. The summed E-state index contributed by atoms with van der Waals surface area (Å²) in [5.74, 6) is 0.615. The Balaban J connectivity index is 2.71. The summed E-state index contributed by atoms with van der Waals surface area (Å²) in [5.41, 5.74) is 1.43. The van der Waals surface area contributed by atoms with Crippen LogP contribution in [-0.2, 0) is 0 Å². The zero-order chi connectivity index (χ0) is 9.84. The van der Waals surface area contributed by atoms with Crippen molar-refractivity contribution in [3.8, 4) is 0 Å². The number of nitrogens with zero attached hydrogens (tertiary/aromatic N) is 1. The van der Waals surface area contributed by atoms with Crippen LogP contribution in [0.2, 0.25) is 0 Å². The molecule has 13 heavy (non-hydrogen) atoms. The molecule has 0 aliphatic heterocycles. The lowest BCUT2D eigenvalue weighted by Gasteiger charge is -2.17. The fourth-order valence-corrected chi connectivity index (χ4v) is 2.03. The minimum absolute atomic E-state index is 0.615. The molecule has 72 valence electrons. The first-order chi connectivity index (χ1) is 6.09. The number of rotatable bonds is 3. The number of halogens is 1. The lowest BCUT2D eigenvalue weighted by atomic mass is 10.0. The van der Waals surface area contributed by atoms with E-state index in [1.165, 1.54) is 9.13 Å². The Morgan fingerprint density at radius 3 is 2.62 bits per heavy atom. The van der Waals surface area contributed by atoms with Crippen LogP contribution in [0, 0.1) is 3.57 Å². The molecule has 1 unspecified atom stereocenters. The van der Waals surface area contributed by atoms with E-state index < -0.39 is 0 Å². The van der Waals surface area contributed by atoms with Crippen LogP contribution in [0.15, 0.2) is 24.3 Å². The van der Waals surface area contributed by atoms with Gasteiger partial charge in [0.15, 0.2) is 0 Å². The van der Waals surface area contributed by atoms with Gasteiger partial charge >= 0.3 is 0 Å². The minimum Gasteiger partial charge on any atom is -0.309 e. The van der Waals surface area contributed by atoms with Gasteiger partial charge in [0, 0.05) is 10.1 Å². The van der Waals surface area contributed by atoms with Gasteiger partial charge < -0.3 is 4.90 Å². The molecule has 1 rings (SSSR count). The van der Waals surface area contributed by atoms with Crippen LogP contribution in [-0.4, -0.2) is 25.5 Å². The predicted molar refractivity (Wildman–Crippen MR) is 66.1 cm³/mol. The number of hydrogen-bond donors (Lipinski definition) is 0. The molecule has 1 atom stereocenters. The molecule has 0 heterocycles. The first-order valence-corrected chi connectivity index (χ1v) is 5.57. The molecule has 0 N–H and O–H groups in total. The summed E-state index contributed by atoms with van der Waals surface area (Å²) in [5, 5.41) is 0. The number of hydrogen-bond acceptors (Lipinski definition) is 1. The Morgan fingerprint density at radius 1 is 1.38 bits per heavy atom. The second-order valence-corrected chi connectivity index (χ2v) is 4.96. The zero-order valence-corrected chi connectivity index (χ0v) is 10.6. The molecule has 0 saturated carbocycles. The van der Waals surface area contributed by atoms with Crippen LogP contribution in [0.5, 0.6) is 0 Å². The van der Waals surface area contributed by atoms with Crippen LogP contribution >= 0.6 is 22.6 Å². The van der Waals surface area contributed by atoms with Gasteiger partial charge in [0.2, 0.25) is 0 Å². The molecule has 1 aromatic carbocycles. The average molecular weight is 289 g/mol. The molecule has 0 radical (unpaired) electrons. The third-order valence-electron chi connectivity index (χ3n) is 2.06. The summed E-state index contributed by atoms with van der Waals surface area (Å²) in [7, 11) is 4.23. The first-order valence-electron chi connectivity index (χ1n) is 4.50. The molecule has 2 heteroatoms. The lowest BCUT2D eigenvalue weighted by Crippen LogP contribution is -2.18. The lowest BCUT2D eigenvalue weighted by molar-refractivity contribution is 0.383. The van der Waals surface area contributed by atoms with Crippen molar-refractivity contribution in [2.45, 2.75) is 12.8 Å². The van der Waals surface area contributed by atoms with Crippen molar-refractivity contribution in [1.82, 2.24) is 4.90 Å². The van der Waals surface area contributed by atoms with Crippen molar-refractivity contribution in [1.29, 1.82) is 0 Å². The van der Waals surface area contributed by atoms with Crippen LogP contribution in [0.3, 0.4) is 0 Å². The van der Waals surface area contributed by atoms with Crippen molar-refractivity contribution in [3.05, 3.63) is 33.4 Å². The molecule has 0 saturated heterocycles. The third-order valence-corrected chi connectivity index (χ3v) is 2.73. The van der Waals surface area contributed by atoms with E-state index in [0.29, 0.717) is 5.92 Å². The topological polar surface area (TPSA) is 3.24 Å². The van der Waals surface area contributed by atoms with E-state index >= 15 is 0 Å². The summed E-state index contributed by atoms with van der Waals surface area (Å²) in [6.07, 6.45) is 0. The maximum Gasteiger partial charge on any atom is 0.0133 e. The van der Waals surface area contributed by atoms with Crippen molar-refractivity contribution in [2.24, 2.45) is 0 Å². The first kappa shape index (κ1) is 11.0. The van der Waals surface area contributed by atoms with E-state index in [1.54, 1.807) is 0 Å². The van der Waals surface area contributed by atoms with Crippen LogP contribution < -0.4 is 0 Å².